The fourth-order valence-corrected chi connectivity index (χ4v) is 3.30. The lowest BCUT2D eigenvalue weighted by Gasteiger charge is -2.28. The largest absolute Gasteiger partial charge is 0.383 e. The molecule has 0 fully saturated rings. The maximum absolute atomic E-state index is 5.42. The van der Waals surface area contributed by atoms with Crippen LogP contribution in [-0.2, 0) is 4.74 Å². The lowest BCUT2D eigenvalue weighted by atomic mass is 9.98. The average molecular weight is 320 g/mol. The Balaban J connectivity index is 2.76. The first-order chi connectivity index (χ1) is 10.3. The molecule has 2 atom stereocenters. The number of methoxy groups -OCH3 is 1. The highest BCUT2D eigenvalue weighted by Gasteiger charge is 2.19. The standard InChI is InChI=1S/C19H33NOSi/c1-16(2)18(13-10-14-22(4,5)6)20-19(15-21-3)17-11-8-7-9-12-17/h7-12,14,16,18-20H,13,15H2,1-6H3/b14-10+/t18-,19+/m1/s1. The van der Waals surface area contributed by atoms with Crippen molar-refractivity contribution in [1.82, 2.24) is 5.32 Å². The number of benzene rings is 1. The summed E-state index contributed by atoms with van der Waals surface area (Å²) in [6.07, 6.45) is 3.45. The van der Waals surface area contributed by atoms with Crippen LogP contribution in [0.3, 0.4) is 0 Å². The van der Waals surface area contributed by atoms with Crippen molar-refractivity contribution in [2.24, 2.45) is 5.92 Å². The smallest absolute Gasteiger partial charge is 0.0682 e. The highest BCUT2D eigenvalue weighted by molar-refractivity contribution is 6.80. The summed E-state index contributed by atoms with van der Waals surface area (Å²) >= 11 is 0. The number of hydrogen-bond donors (Lipinski definition) is 1. The van der Waals surface area contributed by atoms with Crippen LogP contribution in [0.5, 0.6) is 0 Å². The molecular formula is C19H33NOSi. The van der Waals surface area contributed by atoms with Crippen molar-refractivity contribution in [1.29, 1.82) is 0 Å². The minimum atomic E-state index is -1.11. The molecule has 3 heteroatoms. The van der Waals surface area contributed by atoms with Crippen LogP contribution in [0.15, 0.2) is 42.1 Å². The number of nitrogens with one attached hydrogen (secondary N) is 1. The maximum atomic E-state index is 5.42. The third kappa shape index (κ3) is 7.39. The first-order valence-electron chi connectivity index (χ1n) is 8.31. The van der Waals surface area contributed by atoms with Gasteiger partial charge in [-0.05, 0) is 17.9 Å². The molecule has 0 saturated heterocycles. The summed E-state index contributed by atoms with van der Waals surface area (Å²) < 4.78 is 5.42. The first kappa shape index (κ1) is 19.1. The molecule has 0 spiro atoms. The third-order valence-electron chi connectivity index (χ3n) is 3.76. The van der Waals surface area contributed by atoms with Crippen molar-refractivity contribution >= 4 is 8.07 Å². The number of rotatable bonds is 9. The van der Waals surface area contributed by atoms with Gasteiger partial charge in [-0.15, -0.1) is 0 Å². The van der Waals surface area contributed by atoms with Crippen LogP contribution in [0.4, 0.5) is 0 Å². The van der Waals surface area contributed by atoms with Gasteiger partial charge in [0.2, 0.25) is 0 Å². The van der Waals surface area contributed by atoms with Crippen LogP contribution in [0.1, 0.15) is 31.9 Å². The van der Waals surface area contributed by atoms with E-state index in [1.807, 2.05) is 0 Å². The molecule has 0 radical (unpaired) electrons. The summed E-state index contributed by atoms with van der Waals surface area (Å²) in [6, 6.07) is 11.3. The molecule has 0 aliphatic heterocycles. The van der Waals surface area contributed by atoms with Gasteiger partial charge in [0.05, 0.1) is 20.7 Å². The molecule has 0 aliphatic rings. The van der Waals surface area contributed by atoms with Gasteiger partial charge >= 0.3 is 0 Å². The normalized spacial score (nSPS) is 15.4. The van der Waals surface area contributed by atoms with Crippen molar-refractivity contribution < 1.29 is 4.74 Å². The van der Waals surface area contributed by atoms with Gasteiger partial charge in [0.15, 0.2) is 0 Å². The van der Waals surface area contributed by atoms with E-state index in [1.54, 1.807) is 7.11 Å². The van der Waals surface area contributed by atoms with Crippen LogP contribution in [0, 0.1) is 5.92 Å². The topological polar surface area (TPSA) is 21.3 Å². The molecule has 1 rings (SSSR count). The minimum Gasteiger partial charge on any atom is -0.383 e. The highest BCUT2D eigenvalue weighted by Crippen LogP contribution is 2.18. The van der Waals surface area contributed by atoms with Gasteiger partial charge in [0.25, 0.3) is 0 Å². The van der Waals surface area contributed by atoms with Gasteiger partial charge in [0.1, 0.15) is 0 Å². The monoisotopic (exact) mass is 319 g/mol. The first-order valence-corrected chi connectivity index (χ1v) is 11.9. The zero-order chi connectivity index (χ0) is 16.6. The summed E-state index contributed by atoms with van der Waals surface area (Å²) in [7, 11) is 0.660. The molecule has 2 nitrogen and oxygen atoms in total. The fraction of sp³-hybridized carbons (Fsp3) is 0.579. The third-order valence-corrected chi connectivity index (χ3v) is 5.00. The minimum absolute atomic E-state index is 0.249. The molecule has 0 bridgehead atoms. The van der Waals surface area contributed by atoms with Gasteiger partial charge in [-0.25, -0.2) is 0 Å². The molecule has 0 heterocycles. The van der Waals surface area contributed by atoms with Crippen LogP contribution in [0.2, 0.25) is 19.6 Å². The molecule has 124 valence electrons. The maximum Gasteiger partial charge on any atom is 0.0682 e. The summed E-state index contributed by atoms with van der Waals surface area (Å²) in [5.41, 5.74) is 3.74. The van der Waals surface area contributed by atoms with E-state index >= 15 is 0 Å². The van der Waals surface area contributed by atoms with Crippen LogP contribution < -0.4 is 5.32 Å². The molecule has 1 aromatic rings. The quantitative estimate of drug-likeness (QED) is 0.659. The van der Waals surface area contributed by atoms with E-state index in [-0.39, 0.29) is 6.04 Å². The van der Waals surface area contributed by atoms with Gasteiger partial charge in [-0.2, -0.15) is 0 Å². The number of hydrogen-bond acceptors (Lipinski definition) is 2. The molecule has 0 unspecified atom stereocenters. The fourth-order valence-electron chi connectivity index (χ4n) is 2.45. The van der Waals surface area contributed by atoms with E-state index in [2.05, 4.69) is 80.9 Å². The van der Waals surface area contributed by atoms with E-state index < -0.39 is 8.07 Å². The summed E-state index contributed by atoms with van der Waals surface area (Å²) in [4.78, 5) is 0. The molecule has 0 aliphatic carbocycles. The van der Waals surface area contributed by atoms with Gasteiger partial charge in [-0.1, -0.05) is 75.6 Å². The Hall–Kier alpha value is -0.903. The van der Waals surface area contributed by atoms with Gasteiger partial charge < -0.3 is 10.1 Å². The van der Waals surface area contributed by atoms with Crippen molar-refractivity contribution in [3.63, 3.8) is 0 Å². The molecule has 1 N–H and O–H groups in total. The van der Waals surface area contributed by atoms with E-state index in [9.17, 15) is 0 Å². The summed E-state index contributed by atoms with van der Waals surface area (Å²) in [5.74, 6) is 0.592. The highest BCUT2D eigenvalue weighted by atomic mass is 28.3. The Morgan fingerprint density at radius 2 is 1.77 bits per heavy atom. The Morgan fingerprint density at radius 3 is 2.27 bits per heavy atom. The molecule has 0 amide bonds. The Labute approximate surface area is 138 Å². The Morgan fingerprint density at radius 1 is 1.14 bits per heavy atom. The van der Waals surface area contributed by atoms with E-state index in [0.29, 0.717) is 18.6 Å². The second-order valence-corrected chi connectivity index (χ2v) is 12.5. The predicted molar refractivity (Wildman–Crippen MR) is 99.9 cm³/mol. The second-order valence-electron chi connectivity index (χ2n) is 7.44. The van der Waals surface area contributed by atoms with Gasteiger partial charge in [0, 0.05) is 13.2 Å². The summed E-state index contributed by atoms with van der Waals surface area (Å²) in [6.45, 7) is 12.4. The van der Waals surface area contributed by atoms with Crippen molar-refractivity contribution in [3.8, 4) is 0 Å². The zero-order valence-corrected chi connectivity index (χ0v) is 16.1. The molecular weight excluding hydrogens is 286 g/mol. The molecule has 0 saturated carbocycles. The zero-order valence-electron chi connectivity index (χ0n) is 15.1. The van der Waals surface area contributed by atoms with Crippen LogP contribution in [0.25, 0.3) is 0 Å². The van der Waals surface area contributed by atoms with Crippen LogP contribution in [-0.4, -0.2) is 27.8 Å². The van der Waals surface area contributed by atoms with E-state index in [4.69, 9.17) is 4.74 Å². The van der Waals surface area contributed by atoms with E-state index in [0.717, 1.165) is 6.42 Å². The second kappa shape index (κ2) is 9.28. The lowest BCUT2D eigenvalue weighted by molar-refractivity contribution is 0.156. The average Bonchev–Trinajstić information content (AvgIpc) is 2.45. The Bertz CT molecular complexity index is 436. The van der Waals surface area contributed by atoms with Crippen LogP contribution >= 0.6 is 0 Å². The van der Waals surface area contributed by atoms with Crippen molar-refractivity contribution in [2.45, 2.75) is 52.0 Å². The van der Waals surface area contributed by atoms with E-state index in [1.165, 1.54) is 5.56 Å². The lowest BCUT2D eigenvalue weighted by Crippen LogP contribution is -2.38. The molecule has 22 heavy (non-hydrogen) atoms. The predicted octanol–water partition coefficient (Wildman–Crippen LogP) is 4.81. The Kier molecular flexibility index (Phi) is 8.08. The molecule has 0 aromatic heterocycles. The van der Waals surface area contributed by atoms with Crippen molar-refractivity contribution in [3.05, 3.63) is 47.7 Å². The molecule has 1 aromatic carbocycles. The van der Waals surface area contributed by atoms with Gasteiger partial charge in [-0.3, -0.25) is 0 Å². The summed E-state index contributed by atoms with van der Waals surface area (Å²) in [5, 5.41) is 3.80. The van der Waals surface area contributed by atoms with Crippen molar-refractivity contribution in [2.75, 3.05) is 13.7 Å². The SMILES string of the molecule is COC[C@H](N[C@H](C/C=C/[Si](C)(C)C)C(C)C)c1ccccc1. The number of ether oxygens (including phenoxy) is 1.